The molecule has 0 amide bonds. The van der Waals surface area contributed by atoms with Crippen LogP contribution in [0.15, 0.2) is 16.5 Å². The zero-order valence-corrected chi connectivity index (χ0v) is 8.50. The number of rotatable bonds is 2. The standard InChI is InChI=1S/C9H11NO3S/c1-5-2-3-7(13-5)6-4-14-8(10-6)9(11)12/h2-3,6,8,10H,4H2,1H3,(H,11,12)/t6-,8-/m1/s1. The molecule has 2 rings (SSSR count). The third-order valence-electron chi connectivity index (χ3n) is 2.11. The minimum atomic E-state index is -0.819. The quantitative estimate of drug-likeness (QED) is 0.777. The number of carboxylic acids is 1. The monoisotopic (exact) mass is 213 g/mol. The highest BCUT2D eigenvalue weighted by Crippen LogP contribution is 2.29. The highest BCUT2D eigenvalue weighted by molar-refractivity contribution is 8.00. The van der Waals surface area contributed by atoms with Gasteiger partial charge < -0.3 is 9.52 Å². The Morgan fingerprint density at radius 1 is 1.71 bits per heavy atom. The maximum Gasteiger partial charge on any atom is 0.331 e. The van der Waals surface area contributed by atoms with Crippen LogP contribution in [0.4, 0.5) is 0 Å². The minimum absolute atomic E-state index is 0.0230. The SMILES string of the molecule is Cc1ccc([C@H]2CS[C@H](C(=O)O)N2)o1. The fraction of sp³-hybridized carbons (Fsp3) is 0.444. The number of hydrogen-bond acceptors (Lipinski definition) is 4. The summed E-state index contributed by atoms with van der Waals surface area (Å²) in [5.74, 6) is 1.59. The van der Waals surface area contributed by atoms with E-state index in [1.807, 2.05) is 19.1 Å². The number of aliphatic carboxylic acids is 1. The molecule has 14 heavy (non-hydrogen) atoms. The van der Waals surface area contributed by atoms with Gasteiger partial charge in [0.1, 0.15) is 11.5 Å². The third kappa shape index (κ3) is 1.78. The fourth-order valence-corrected chi connectivity index (χ4v) is 2.47. The van der Waals surface area contributed by atoms with E-state index < -0.39 is 11.3 Å². The summed E-state index contributed by atoms with van der Waals surface area (Å²) < 4.78 is 5.43. The predicted molar refractivity (Wildman–Crippen MR) is 53.2 cm³/mol. The van der Waals surface area contributed by atoms with Gasteiger partial charge in [0.25, 0.3) is 0 Å². The maximum atomic E-state index is 10.7. The molecule has 1 fully saturated rings. The summed E-state index contributed by atoms with van der Waals surface area (Å²) in [4.78, 5) is 10.7. The molecule has 1 aliphatic heterocycles. The van der Waals surface area contributed by atoms with Crippen molar-refractivity contribution in [1.29, 1.82) is 0 Å². The van der Waals surface area contributed by atoms with E-state index in [1.54, 1.807) is 0 Å². The molecule has 1 aromatic heterocycles. The normalized spacial score (nSPS) is 26.6. The largest absolute Gasteiger partial charge is 0.479 e. The van der Waals surface area contributed by atoms with Gasteiger partial charge in [0, 0.05) is 5.75 Å². The first-order valence-corrected chi connectivity index (χ1v) is 5.38. The second kappa shape index (κ2) is 3.67. The number of nitrogens with one attached hydrogen (secondary N) is 1. The number of hydrogen-bond donors (Lipinski definition) is 2. The molecule has 0 bridgehead atoms. The van der Waals surface area contributed by atoms with E-state index in [-0.39, 0.29) is 6.04 Å². The van der Waals surface area contributed by atoms with Gasteiger partial charge in [-0.25, -0.2) is 4.79 Å². The lowest BCUT2D eigenvalue weighted by atomic mass is 10.2. The van der Waals surface area contributed by atoms with E-state index in [1.165, 1.54) is 11.8 Å². The van der Waals surface area contributed by atoms with Crippen molar-refractivity contribution in [1.82, 2.24) is 5.32 Å². The van der Waals surface area contributed by atoms with Gasteiger partial charge >= 0.3 is 5.97 Å². The number of furan rings is 1. The highest BCUT2D eigenvalue weighted by Gasteiger charge is 2.31. The Kier molecular flexibility index (Phi) is 2.52. The molecule has 4 nitrogen and oxygen atoms in total. The number of carboxylic acid groups (broad SMARTS) is 1. The van der Waals surface area contributed by atoms with Crippen molar-refractivity contribution >= 4 is 17.7 Å². The molecule has 2 atom stereocenters. The molecule has 1 aromatic rings. The molecule has 0 spiro atoms. The molecule has 0 unspecified atom stereocenters. The van der Waals surface area contributed by atoms with Crippen LogP contribution in [-0.4, -0.2) is 22.2 Å². The lowest BCUT2D eigenvalue weighted by Gasteiger charge is -2.07. The third-order valence-corrected chi connectivity index (χ3v) is 3.31. The zero-order chi connectivity index (χ0) is 10.1. The summed E-state index contributed by atoms with van der Waals surface area (Å²) in [7, 11) is 0. The average molecular weight is 213 g/mol. The van der Waals surface area contributed by atoms with E-state index >= 15 is 0 Å². The summed E-state index contributed by atoms with van der Waals surface area (Å²) in [6.45, 7) is 1.88. The van der Waals surface area contributed by atoms with Crippen molar-refractivity contribution in [3.8, 4) is 0 Å². The van der Waals surface area contributed by atoms with Crippen LogP contribution in [0.3, 0.4) is 0 Å². The minimum Gasteiger partial charge on any atom is -0.479 e. The van der Waals surface area contributed by atoms with Gasteiger partial charge in [-0.15, -0.1) is 11.8 Å². The van der Waals surface area contributed by atoms with Crippen LogP contribution >= 0.6 is 11.8 Å². The second-order valence-electron chi connectivity index (χ2n) is 3.22. The van der Waals surface area contributed by atoms with Crippen molar-refractivity contribution in [3.05, 3.63) is 23.7 Å². The predicted octanol–water partition coefficient (Wildman–Crippen LogP) is 1.38. The molecular formula is C9H11NO3S. The molecule has 76 valence electrons. The van der Waals surface area contributed by atoms with Crippen LogP contribution in [-0.2, 0) is 4.79 Å². The lowest BCUT2D eigenvalue weighted by molar-refractivity contribution is -0.137. The van der Waals surface area contributed by atoms with E-state index in [9.17, 15) is 4.79 Å². The van der Waals surface area contributed by atoms with E-state index in [2.05, 4.69) is 5.32 Å². The Balaban J connectivity index is 2.05. The smallest absolute Gasteiger partial charge is 0.331 e. The van der Waals surface area contributed by atoms with Gasteiger partial charge in [-0.05, 0) is 19.1 Å². The molecule has 1 saturated heterocycles. The molecule has 1 aliphatic rings. The van der Waals surface area contributed by atoms with Crippen molar-refractivity contribution in [2.24, 2.45) is 0 Å². The van der Waals surface area contributed by atoms with Gasteiger partial charge in [0.15, 0.2) is 5.37 Å². The Hall–Kier alpha value is -0.940. The Bertz CT molecular complexity index is 350. The Labute approximate surface area is 85.7 Å². The molecule has 2 heterocycles. The number of aryl methyl sites for hydroxylation is 1. The first-order valence-electron chi connectivity index (χ1n) is 4.33. The van der Waals surface area contributed by atoms with Gasteiger partial charge in [0.05, 0.1) is 6.04 Å². The first-order chi connectivity index (χ1) is 6.66. The van der Waals surface area contributed by atoms with E-state index in [0.717, 1.165) is 17.3 Å². The van der Waals surface area contributed by atoms with Crippen LogP contribution in [0.1, 0.15) is 17.6 Å². The average Bonchev–Trinajstić information content (AvgIpc) is 2.70. The summed E-state index contributed by atoms with van der Waals surface area (Å²) in [5, 5.41) is 11.2. The summed E-state index contributed by atoms with van der Waals surface area (Å²) >= 11 is 1.39. The van der Waals surface area contributed by atoms with Crippen LogP contribution in [0.25, 0.3) is 0 Å². The summed E-state index contributed by atoms with van der Waals surface area (Å²) in [6.07, 6.45) is 0. The molecule has 0 aromatic carbocycles. The molecular weight excluding hydrogens is 202 g/mol. The fourth-order valence-electron chi connectivity index (χ4n) is 1.42. The number of thioether (sulfide) groups is 1. The van der Waals surface area contributed by atoms with Crippen molar-refractivity contribution in [3.63, 3.8) is 0 Å². The van der Waals surface area contributed by atoms with Crippen molar-refractivity contribution in [2.45, 2.75) is 18.3 Å². The van der Waals surface area contributed by atoms with E-state index in [0.29, 0.717) is 0 Å². The molecule has 0 saturated carbocycles. The van der Waals surface area contributed by atoms with Crippen LogP contribution in [0.5, 0.6) is 0 Å². The van der Waals surface area contributed by atoms with Crippen LogP contribution in [0, 0.1) is 6.92 Å². The molecule has 0 aliphatic carbocycles. The van der Waals surface area contributed by atoms with Crippen LogP contribution in [0.2, 0.25) is 0 Å². The molecule has 5 heteroatoms. The lowest BCUT2D eigenvalue weighted by Crippen LogP contribution is -2.30. The zero-order valence-electron chi connectivity index (χ0n) is 7.69. The number of carbonyl (C=O) groups is 1. The maximum absolute atomic E-state index is 10.7. The first kappa shape index (κ1) is 9.61. The summed E-state index contributed by atoms with van der Waals surface area (Å²) in [5.41, 5.74) is 0. The molecule has 2 N–H and O–H groups in total. The molecule has 0 radical (unpaired) electrons. The van der Waals surface area contributed by atoms with Gasteiger partial charge in [-0.3, -0.25) is 5.32 Å². The second-order valence-corrected chi connectivity index (χ2v) is 4.36. The van der Waals surface area contributed by atoms with Gasteiger partial charge in [0.2, 0.25) is 0 Å². The van der Waals surface area contributed by atoms with Gasteiger partial charge in [-0.2, -0.15) is 0 Å². The van der Waals surface area contributed by atoms with E-state index in [4.69, 9.17) is 9.52 Å². The van der Waals surface area contributed by atoms with Crippen LogP contribution < -0.4 is 5.32 Å². The van der Waals surface area contributed by atoms with Crippen molar-refractivity contribution < 1.29 is 14.3 Å². The van der Waals surface area contributed by atoms with Crippen molar-refractivity contribution in [2.75, 3.05) is 5.75 Å². The highest BCUT2D eigenvalue weighted by atomic mass is 32.2. The topological polar surface area (TPSA) is 62.5 Å². The Morgan fingerprint density at radius 3 is 3.00 bits per heavy atom. The van der Waals surface area contributed by atoms with Gasteiger partial charge in [-0.1, -0.05) is 0 Å². The summed E-state index contributed by atoms with van der Waals surface area (Å²) in [6, 6.07) is 3.79. The Morgan fingerprint density at radius 2 is 2.50 bits per heavy atom.